The van der Waals surface area contributed by atoms with Gasteiger partial charge in [-0.3, -0.25) is 4.79 Å². The van der Waals surface area contributed by atoms with Gasteiger partial charge in [-0.2, -0.15) is 11.8 Å². The van der Waals surface area contributed by atoms with E-state index in [0.29, 0.717) is 12.5 Å². The maximum Gasteiger partial charge on any atom is 0.222 e. The van der Waals surface area contributed by atoms with Crippen LogP contribution in [0.3, 0.4) is 0 Å². The lowest BCUT2D eigenvalue weighted by Gasteiger charge is -2.23. The summed E-state index contributed by atoms with van der Waals surface area (Å²) >= 11 is 1.91. The average molecular weight is 294 g/mol. The smallest absolute Gasteiger partial charge is 0.222 e. The van der Waals surface area contributed by atoms with Gasteiger partial charge in [0.2, 0.25) is 5.91 Å². The van der Waals surface area contributed by atoms with Gasteiger partial charge in [0.1, 0.15) is 5.75 Å². The molecule has 1 saturated heterocycles. The van der Waals surface area contributed by atoms with Crippen molar-refractivity contribution >= 4 is 17.7 Å². The van der Waals surface area contributed by atoms with Crippen LogP contribution in [0.2, 0.25) is 0 Å². The Balaban J connectivity index is 1.82. The molecule has 1 aliphatic heterocycles. The number of hydrogen-bond acceptors (Lipinski definition) is 4. The number of amides is 1. The zero-order valence-corrected chi connectivity index (χ0v) is 12.8. The van der Waals surface area contributed by atoms with Crippen molar-refractivity contribution in [2.45, 2.75) is 25.4 Å². The number of hydrogen-bond donors (Lipinski definition) is 2. The van der Waals surface area contributed by atoms with Gasteiger partial charge >= 0.3 is 0 Å². The van der Waals surface area contributed by atoms with E-state index in [-0.39, 0.29) is 11.9 Å². The van der Waals surface area contributed by atoms with Crippen molar-refractivity contribution in [3.63, 3.8) is 0 Å². The highest BCUT2D eigenvalue weighted by atomic mass is 32.2. The quantitative estimate of drug-likeness (QED) is 0.872. The Bertz CT molecular complexity index is 430. The van der Waals surface area contributed by atoms with Gasteiger partial charge in [-0.05, 0) is 24.6 Å². The summed E-state index contributed by atoms with van der Waals surface area (Å²) in [5, 5.41) is 6.43. The lowest BCUT2D eigenvalue weighted by atomic mass is 10.1. The van der Waals surface area contributed by atoms with Crippen molar-refractivity contribution in [1.29, 1.82) is 0 Å². The first-order valence-electron chi connectivity index (χ1n) is 6.93. The zero-order valence-electron chi connectivity index (χ0n) is 12.0. The summed E-state index contributed by atoms with van der Waals surface area (Å²) in [4.78, 5) is 12.0. The van der Waals surface area contributed by atoms with Crippen molar-refractivity contribution < 1.29 is 9.53 Å². The topological polar surface area (TPSA) is 50.4 Å². The Kier molecular flexibility index (Phi) is 5.73. The van der Waals surface area contributed by atoms with E-state index in [9.17, 15) is 4.79 Å². The van der Waals surface area contributed by atoms with Crippen LogP contribution in [0.5, 0.6) is 5.75 Å². The third-order valence-electron chi connectivity index (χ3n) is 3.42. The number of thioether (sulfide) groups is 1. The average Bonchev–Trinajstić information content (AvgIpc) is 2.48. The summed E-state index contributed by atoms with van der Waals surface area (Å²) < 4.78 is 5.13. The minimum atomic E-state index is 0.0182. The first-order valence-corrected chi connectivity index (χ1v) is 8.09. The predicted molar refractivity (Wildman–Crippen MR) is 83.3 cm³/mol. The molecule has 0 aromatic heterocycles. The van der Waals surface area contributed by atoms with Gasteiger partial charge in [-0.1, -0.05) is 12.1 Å². The molecule has 1 aromatic rings. The Morgan fingerprint density at radius 1 is 1.50 bits per heavy atom. The molecule has 1 unspecified atom stereocenters. The molecule has 1 fully saturated rings. The van der Waals surface area contributed by atoms with Crippen LogP contribution in [0.25, 0.3) is 0 Å². The van der Waals surface area contributed by atoms with Gasteiger partial charge in [0, 0.05) is 30.5 Å². The van der Waals surface area contributed by atoms with Crippen molar-refractivity contribution in [3.05, 3.63) is 29.8 Å². The molecule has 1 aliphatic rings. The van der Waals surface area contributed by atoms with Crippen molar-refractivity contribution in [2.75, 3.05) is 25.2 Å². The molecule has 5 heteroatoms. The molecule has 20 heavy (non-hydrogen) atoms. The van der Waals surface area contributed by atoms with E-state index < -0.39 is 0 Å². The summed E-state index contributed by atoms with van der Waals surface area (Å²) in [6, 6.07) is 8.12. The van der Waals surface area contributed by atoms with Crippen LogP contribution >= 0.6 is 11.8 Å². The molecule has 1 heterocycles. The molecule has 0 spiro atoms. The normalized spacial score (nSPS) is 20.2. The first kappa shape index (κ1) is 15.2. The van der Waals surface area contributed by atoms with E-state index in [0.717, 1.165) is 29.4 Å². The maximum atomic E-state index is 12.0. The number of benzene rings is 1. The van der Waals surface area contributed by atoms with Gasteiger partial charge in [-0.25, -0.2) is 0 Å². The van der Waals surface area contributed by atoms with Crippen LogP contribution < -0.4 is 15.4 Å². The van der Waals surface area contributed by atoms with E-state index in [1.807, 2.05) is 43.0 Å². The predicted octanol–water partition coefficient (Wildman–Crippen LogP) is 1.97. The third-order valence-corrected chi connectivity index (χ3v) is 4.55. The molecule has 2 N–H and O–H groups in total. The van der Waals surface area contributed by atoms with Crippen LogP contribution in [0, 0.1) is 0 Å². The summed E-state index contributed by atoms with van der Waals surface area (Å²) in [5.41, 5.74) is 1.09. The highest BCUT2D eigenvalue weighted by Crippen LogP contribution is 2.17. The molecule has 1 aromatic carbocycles. The van der Waals surface area contributed by atoms with Gasteiger partial charge in [0.15, 0.2) is 0 Å². The molecule has 0 saturated carbocycles. The minimum absolute atomic E-state index is 0.0182. The van der Waals surface area contributed by atoms with Crippen LogP contribution in [0.4, 0.5) is 0 Å². The Morgan fingerprint density at radius 3 is 2.85 bits per heavy atom. The summed E-state index contributed by atoms with van der Waals surface area (Å²) in [5.74, 6) is 3.09. The molecule has 2 atom stereocenters. The van der Waals surface area contributed by atoms with Crippen LogP contribution in [0.15, 0.2) is 24.3 Å². The van der Waals surface area contributed by atoms with Crippen molar-refractivity contribution in [1.82, 2.24) is 10.6 Å². The van der Waals surface area contributed by atoms with E-state index >= 15 is 0 Å². The van der Waals surface area contributed by atoms with Crippen molar-refractivity contribution in [2.24, 2.45) is 0 Å². The molecule has 0 radical (unpaired) electrons. The van der Waals surface area contributed by atoms with E-state index in [2.05, 4.69) is 10.6 Å². The molecular formula is C15H22N2O2S. The number of nitrogens with one attached hydrogen (secondary N) is 2. The first-order chi connectivity index (χ1) is 9.69. The number of carbonyl (C=O) groups excluding carboxylic acids is 1. The van der Waals surface area contributed by atoms with Crippen LogP contribution in [-0.2, 0) is 4.79 Å². The number of rotatable bonds is 5. The maximum absolute atomic E-state index is 12.0. The zero-order chi connectivity index (χ0) is 14.4. The van der Waals surface area contributed by atoms with Gasteiger partial charge in [0.25, 0.3) is 0 Å². The fourth-order valence-corrected chi connectivity index (χ4v) is 3.20. The molecule has 0 aliphatic carbocycles. The second-order valence-corrected chi connectivity index (χ2v) is 6.14. The second kappa shape index (κ2) is 7.55. The fourth-order valence-electron chi connectivity index (χ4n) is 2.25. The number of methoxy groups -OCH3 is 1. The standard InChI is InChI=1S/C15H22N2O2S/c1-11(12-3-5-14(19-2)6-4-12)17-15(18)9-13-10-20-8-7-16-13/h3-6,11,13,16H,7-10H2,1-2H3,(H,17,18)/t11-,13?/m1/s1. The summed E-state index contributed by atoms with van der Waals surface area (Å²) in [6.07, 6.45) is 0.549. The van der Waals surface area contributed by atoms with E-state index in [1.165, 1.54) is 0 Å². The van der Waals surface area contributed by atoms with Gasteiger partial charge in [0.05, 0.1) is 13.2 Å². The van der Waals surface area contributed by atoms with Crippen LogP contribution in [-0.4, -0.2) is 37.1 Å². The SMILES string of the molecule is COc1ccc([C@@H](C)NC(=O)CC2CSCCN2)cc1. The Morgan fingerprint density at radius 2 is 2.25 bits per heavy atom. The van der Waals surface area contributed by atoms with E-state index in [1.54, 1.807) is 7.11 Å². The molecule has 4 nitrogen and oxygen atoms in total. The lowest BCUT2D eigenvalue weighted by Crippen LogP contribution is -2.41. The monoisotopic (exact) mass is 294 g/mol. The lowest BCUT2D eigenvalue weighted by molar-refractivity contribution is -0.122. The highest BCUT2D eigenvalue weighted by Gasteiger charge is 2.18. The molecular weight excluding hydrogens is 272 g/mol. The minimum Gasteiger partial charge on any atom is -0.497 e. The number of carbonyl (C=O) groups is 1. The Labute approximate surface area is 124 Å². The second-order valence-electron chi connectivity index (χ2n) is 4.99. The summed E-state index contributed by atoms with van der Waals surface area (Å²) in [6.45, 7) is 3.00. The fraction of sp³-hybridized carbons (Fsp3) is 0.533. The molecule has 2 rings (SSSR count). The Hall–Kier alpha value is -1.20. The third kappa shape index (κ3) is 4.42. The van der Waals surface area contributed by atoms with Crippen LogP contribution in [0.1, 0.15) is 24.9 Å². The number of ether oxygens (including phenoxy) is 1. The highest BCUT2D eigenvalue weighted by molar-refractivity contribution is 7.99. The molecule has 0 bridgehead atoms. The molecule has 1 amide bonds. The molecule has 110 valence electrons. The van der Waals surface area contributed by atoms with E-state index in [4.69, 9.17) is 4.74 Å². The van der Waals surface area contributed by atoms with Gasteiger partial charge in [-0.15, -0.1) is 0 Å². The van der Waals surface area contributed by atoms with Gasteiger partial charge < -0.3 is 15.4 Å². The largest absolute Gasteiger partial charge is 0.497 e. The van der Waals surface area contributed by atoms with Crippen molar-refractivity contribution in [3.8, 4) is 5.75 Å². The summed E-state index contributed by atoms with van der Waals surface area (Å²) in [7, 11) is 1.65.